The van der Waals surface area contributed by atoms with E-state index in [4.69, 9.17) is 21.6 Å². The minimum absolute atomic E-state index is 0.00135. The lowest BCUT2D eigenvalue weighted by atomic mass is 9.96. The van der Waals surface area contributed by atoms with Crippen molar-refractivity contribution in [3.05, 3.63) is 86.8 Å². The number of rotatable bonds is 6. The number of carbonyl (C=O) groups is 1. The molecule has 6 heteroatoms. The number of piperazine rings is 1. The molecule has 35 heavy (non-hydrogen) atoms. The van der Waals surface area contributed by atoms with Crippen LogP contribution >= 0.6 is 11.6 Å². The Bertz CT molecular complexity index is 1250. The maximum Gasteiger partial charge on any atom is 0.255 e. The van der Waals surface area contributed by atoms with Crippen LogP contribution in [0.2, 0.25) is 5.02 Å². The van der Waals surface area contributed by atoms with Gasteiger partial charge >= 0.3 is 0 Å². The summed E-state index contributed by atoms with van der Waals surface area (Å²) in [5, 5.41) is 0.508. The summed E-state index contributed by atoms with van der Waals surface area (Å²) in [6, 6.07) is 14.0. The predicted octanol–water partition coefficient (Wildman–Crippen LogP) is 5.74. The molecule has 182 valence electrons. The number of amides is 1. The second-order valence-electron chi connectivity index (χ2n) is 9.82. The third-order valence-corrected chi connectivity index (χ3v) is 7.54. The van der Waals surface area contributed by atoms with Gasteiger partial charge in [0.2, 0.25) is 0 Å². The van der Waals surface area contributed by atoms with E-state index < -0.39 is 0 Å². The van der Waals surface area contributed by atoms with Crippen LogP contribution in [0.1, 0.15) is 69.8 Å². The van der Waals surface area contributed by atoms with Gasteiger partial charge in [-0.1, -0.05) is 54.4 Å². The second-order valence-corrected chi connectivity index (χ2v) is 10.2. The summed E-state index contributed by atoms with van der Waals surface area (Å²) in [4.78, 5) is 27.5. The number of hydrogen-bond acceptors (Lipinski definition) is 4. The van der Waals surface area contributed by atoms with E-state index in [1.807, 2.05) is 17.0 Å². The molecule has 0 radical (unpaired) electrons. The van der Waals surface area contributed by atoms with Crippen LogP contribution in [0.5, 0.6) is 0 Å². The van der Waals surface area contributed by atoms with Crippen molar-refractivity contribution >= 4 is 23.3 Å². The molecule has 1 saturated carbocycles. The molecule has 0 atom stereocenters. The third-order valence-electron chi connectivity index (χ3n) is 7.21. The molecule has 1 amide bonds. The van der Waals surface area contributed by atoms with E-state index in [1.165, 1.54) is 35.1 Å². The van der Waals surface area contributed by atoms with Crippen molar-refractivity contribution in [3.63, 3.8) is 0 Å². The Balaban J connectivity index is 1.43. The van der Waals surface area contributed by atoms with E-state index in [-0.39, 0.29) is 5.91 Å². The molecule has 1 aliphatic heterocycles. The highest BCUT2D eigenvalue weighted by Crippen LogP contribution is 2.40. The maximum absolute atomic E-state index is 13.1. The fourth-order valence-corrected chi connectivity index (χ4v) is 5.12. The molecule has 0 unspecified atom stereocenters. The molecule has 1 aromatic heterocycles. The maximum atomic E-state index is 13.1. The van der Waals surface area contributed by atoms with Gasteiger partial charge in [-0.05, 0) is 56.4 Å². The fourth-order valence-electron chi connectivity index (χ4n) is 4.90. The molecule has 2 aromatic carbocycles. The van der Waals surface area contributed by atoms with Crippen LogP contribution in [0.4, 0.5) is 5.82 Å². The molecule has 0 bridgehead atoms. The summed E-state index contributed by atoms with van der Waals surface area (Å²) in [5.74, 6) is 2.55. The quantitative estimate of drug-likeness (QED) is 0.444. The minimum Gasteiger partial charge on any atom is -0.353 e. The van der Waals surface area contributed by atoms with Crippen molar-refractivity contribution in [2.45, 2.75) is 52.4 Å². The standard InChI is InChI=1S/C29H33ClN4O/c1-4-26-24(18-22-17-19(2)9-10-20(22)3)28(32-27(31-26)21-11-12-21)33-13-15-34(16-14-33)29(35)23-7-5-6-8-25(23)30/h5-10,17,21H,4,11-16,18H2,1-3H3. The van der Waals surface area contributed by atoms with E-state index in [2.05, 4.69) is 43.9 Å². The Morgan fingerprint density at radius 2 is 1.77 bits per heavy atom. The molecule has 5 rings (SSSR count). The molecule has 2 fully saturated rings. The van der Waals surface area contributed by atoms with Crippen molar-refractivity contribution < 1.29 is 4.79 Å². The van der Waals surface area contributed by atoms with Crippen LogP contribution in [0.15, 0.2) is 42.5 Å². The number of aromatic nitrogens is 2. The lowest BCUT2D eigenvalue weighted by Gasteiger charge is -2.37. The van der Waals surface area contributed by atoms with Crippen LogP contribution in [-0.4, -0.2) is 47.0 Å². The molecule has 1 saturated heterocycles. The zero-order valence-electron chi connectivity index (χ0n) is 20.9. The highest BCUT2D eigenvalue weighted by atomic mass is 35.5. The first-order valence-corrected chi connectivity index (χ1v) is 13.1. The highest BCUT2D eigenvalue weighted by Gasteiger charge is 2.31. The van der Waals surface area contributed by atoms with Gasteiger partial charge in [-0.2, -0.15) is 0 Å². The van der Waals surface area contributed by atoms with Crippen molar-refractivity contribution in [1.82, 2.24) is 14.9 Å². The summed E-state index contributed by atoms with van der Waals surface area (Å²) in [5.41, 5.74) is 6.86. The van der Waals surface area contributed by atoms with Crippen LogP contribution in [0.3, 0.4) is 0 Å². The zero-order valence-corrected chi connectivity index (χ0v) is 21.6. The van der Waals surface area contributed by atoms with Crippen LogP contribution in [0, 0.1) is 13.8 Å². The number of anilines is 1. The van der Waals surface area contributed by atoms with Crippen LogP contribution in [-0.2, 0) is 12.8 Å². The normalized spacial score (nSPS) is 16.0. The monoisotopic (exact) mass is 488 g/mol. The first-order valence-electron chi connectivity index (χ1n) is 12.7. The predicted molar refractivity (Wildman–Crippen MR) is 142 cm³/mol. The SMILES string of the molecule is CCc1nc(C2CC2)nc(N2CCN(C(=O)c3ccccc3Cl)CC2)c1Cc1cc(C)ccc1C. The Morgan fingerprint density at radius 3 is 2.46 bits per heavy atom. The zero-order chi connectivity index (χ0) is 24.5. The topological polar surface area (TPSA) is 49.3 Å². The van der Waals surface area contributed by atoms with Crippen molar-refractivity contribution in [2.24, 2.45) is 0 Å². The van der Waals surface area contributed by atoms with E-state index in [0.29, 0.717) is 29.6 Å². The van der Waals surface area contributed by atoms with Crippen LogP contribution < -0.4 is 4.90 Å². The molecule has 0 N–H and O–H groups in total. The van der Waals surface area contributed by atoms with E-state index in [0.717, 1.165) is 43.3 Å². The Hall–Kier alpha value is -2.92. The lowest BCUT2D eigenvalue weighted by molar-refractivity contribution is 0.0746. The third kappa shape index (κ3) is 5.06. The molecular formula is C29H33ClN4O. The van der Waals surface area contributed by atoms with Gasteiger partial charge in [0.15, 0.2) is 0 Å². The number of nitrogens with zero attached hydrogens (tertiary/aromatic N) is 4. The Morgan fingerprint density at radius 1 is 1.03 bits per heavy atom. The summed E-state index contributed by atoms with van der Waals surface area (Å²) in [7, 11) is 0. The summed E-state index contributed by atoms with van der Waals surface area (Å²) < 4.78 is 0. The number of aryl methyl sites for hydroxylation is 3. The Kier molecular flexibility index (Phi) is 6.79. The van der Waals surface area contributed by atoms with Gasteiger partial charge in [0.25, 0.3) is 5.91 Å². The van der Waals surface area contributed by atoms with Gasteiger partial charge in [0, 0.05) is 49.8 Å². The molecule has 2 aliphatic rings. The first kappa shape index (κ1) is 23.8. The van der Waals surface area contributed by atoms with E-state index in [9.17, 15) is 4.79 Å². The van der Waals surface area contributed by atoms with Gasteiger partial charge in [-0.15, -0.1) is 0 Å². The van der Waals surface area contributed by atoms with Crippen molar-refractivity contribution in [2.75, 3.05) is 31.1 Å². The van der Waals surface area contributed by atoms with Gasteiger partial charge < -0.3 is 9.80 Å². The summed E-state index contributed by atoms with van der Waals surface area (Å²) >= 11 is 6.30. The number of benzene rings is 2. The molecular weight excluding hydrogens is 456 g/mol. The van der Waals surface area contributed by atoms with Gasteiger partial charge in [0.05, 0.1) is 10.6 Å². The minimum atomic E-state index is 0.00135. The average Bonchev–Trinajstić information content (AvgIpc) is 3.72. The molecule has 3 aromatic rings. The average molecular weight is 489 g/mol. The lowest BCUT2D eigenvalue weighted by Crippen LogP contribution is -2.49. The largest absolute Gasteiger partial charge is 0.353 e. The second kappa shape index (κ2) is 9.98. The van der Waals surface area contributed by atoms with Crippen molar-refractivity contribution in [1.29, 1.82) is 0 Å². The molecule has 0 spiro atoms. The number of halogens is 1. The molecule has 5 nitrogen and oxygen atoms in total. The summed E-state index contributed by atoms with van der Waals surface area (Å²) in [6.45, 7) is 9.32. The molecule has 2 heterocycles. The fraction of sp³-hybridized carbons (Fsp3) is 0.414. The van der Waals surface area contributed by atoms with Crippen molar-refractivity contribution in [3.8, 4) is 0 Å². The van der Waals surface area contributed by atoms with E-state index >= 15 is 0 Å². The smallest absolute Gasteiger partial charge is 0.255 e. The van der Waals surface area contributed by atoms with Gasteiger partial charge in [-0.25, -0.2) is 9.97 Å². The molecule has 1 aliphatic carbocycles. The van der Waals surface area contributed by atoms with E-state index in [1.54, 1.807) is 12.1 Å². The van der Waals surface area contributed by atoms with Gasteiger partial charge in [-0.3, -0.25) is 4.79 Å². The van der Waals surface area contributed by atoms with Crippen LogP contribution in [0.25, 0.3) is 0 Å². The highest BCUT2D eigenvalue weighted by molar-refractivity contribution is 6.33. The number of hydrogen-bond donors (Lipinski definition) is 0. The number of carbonyl (C=O) groups excluding carboxylic acids is 1. The van der Waals surface area contributed by atoms with Gasteiger partial charge in [0.1, 0.15) is 11.6 Å². The Labute approximate surface area is 213 Å². The first-order chi connectivity index (χ1) is 16.9. The summed E-state index contributed by atoms with van der Waals surface area (Å²) in [6.07, 6.45) is 4.08.